The Labute approximate surface area is 105 Å². The molecule has 0 aromatic heterocycles. The number of hydrogen-bond acceptors (Lipinski definition) is 1. The van der Waals surface area contributed by atoms with E-state index in [1.165, 1.54) is 0 Å². The third-order valence-corrected chi connectivity index (χ3v) is 3.25. The third kappa shape index (κ3) is 4.13. The molecule has 0 radical (unpaired) electrons. The molecule has 1 nitrogen and oxygen atoms in total. The van der Waals surface area contributed by atoms with E-state index in [0.29, 0.717) is 5.92 Å². The quantitative estimate of drug-likeness (QED) is 0.865. The van der Waals surface area contributed by atoms with Crippen LogP contribution in [0.25, 0.3) is 0 Å². The Morgan fingerprint density at radius 2 is 2.00 bits per heavy atom. The van der Waals surface area contributed by atoms with Gasteiger partial charge in [-0.1, -0.05) is 41.4 Å². The van der Waals surface area contributed by atoms with Crippen LogP contribution in [-0.2, 0) is 0 Å². The van der Waals surface area contributed by atoms with E-state index in [9.17, 15) is 0 Å². The van der Waals surface area contributed by atoms with E-state index in [2.05, 4.69) is 29.8 Å². The van der Waals surface area contributed by atoms with Gasteiger partial charge in [0.15, 0.2) is 0 Å². The molecule has 0 aliphatic carbocycles. The fourth-order valence-corrected chi connectivity index (χ4v) is 2.10. The van der Waals surface area contributed by atoms with E-state index in [-0.39, 0.29) is 6.04 Å². The summed E-state index contributed by atoms with van der Waals surface area (Å²) in [4.78, 5) is 0. The molecule has 1 rings (SSSR count). The fraction of sp³-hybridized carbons (Fsp3) is 0.500. The first-order chi connectivity index (χ1) is 7.00. The van der Waals surface area contributed by atoms with Crippen molar-refractivity contribution >= 4 is 27.5 Å². The highest BCUT2D eigenvalue weighted by atomic mass is 79.9. The molecule has 0 aliphatic heterocycles. The van der Waals surface area contributed by atoms with Gasteiger partial charge in [-0.05, 0) is 42.5 Å². The van der Waals surface area contributed by atoms with Gasteiger partial charge in [-0.15, -0.1) is 0 Å². The molecule has 15 heavy (non-hydrogen) atoms. The van der Waals surface area contributed by atoms with Crippen molar-refractivity contribution in [2.24, 2.45) is 11.7 Å². The van der Waals surface area contributed by atoms with Crippen molar-refractivity contribution in [3.05, 3.63) is 33.3 Å². The molecule has 3 heteroatoms. The third-order valence-electron chi connectivity index (χ3n) is 2.41. The van der Waals surface area contributed by atoms with Crippen LogP contribution in [0.3, 0.4) is 0 Å². The minimum absolute atomic E-state index is 0.0393. The Balaban J connectivity index is 2.72. The molecule has 2 N–H and O–H groups in total. The van der Waals surface area contributed by atoms with Gasteiger partial charge in [-0.2, -0.15) is 0 Å². The molecule has 0 fully saturated rings. The first-order valence-corrected chi connectivity index (χ1v) is 6.38. The zero-order valence-electron chi connectivity index (χ0n) is 9.13. The SMILES string of the molecule is CC(C)CC[C@H](N)c1cc(Br)ccc1Cl. The largest absolute Gasteiger partial charge is 0.324 e. The molecule has 0 bridgehead atoms. The van der Waals surface area contributed by atoms with Crippen molar-refractivity contribution in [3.8, 4) is 0 Å². The second kappa shape index (κ2) is 5.88. The monoisotopic (exact) mass is 289 g/mol. The van der Waals surface area contributed by atoms with Crippen molar-refractivity contribution < 1.29 is 0 Å². The maximum Gasteiger partial charge on any atom is 0.0454 e. The van der Waals surface area contributed by atoms with E-state index in [1.54, 1.807) is 0 Å². The molecular weight excluding hydrogens is 273 g/mol. The zero-order valence-corrected chi connectivity index (χ0v) is 11.5. The van der Waals surface area contributed by atoms with E-state index in [1.807, 2.05) is 18.2 Å². The lowest BCUT2D eigenvalue weighted by Gasteiger charge is -2.15. The Bertz CT molecular complexity index is 325. The highest BCUT2D eigenvalue weighted by Gasteiger charge is 2.11. The van der Waals surface area contributed by atoms with Gasteiger partial charge >= 0.3 is 0 Å². The molecule has 0 spiro atoms. The number of rotatable bonds is 4. The Kier molecular flexibility index (Phi) is 5.10. The summed E-state index contributed by atoms with van der Waals surface area (Å²) in [6.07, 6.45) is 2.11. The summed E-state index contributed by atoms with van der Waals surface area (Å²) < 4.78 is 1.03. The first kappa shape index (κ1) is 13.0. The molecule has 1 atom stereocenters. The average molecular weight is 291 g/mol. The highest BCUT2D eigenvalue weighted by Crippen LogP contribution is 2.28. The summed E-state index contributed by atoms with van der Waals surface area (Å²) in [6.45, 7) is 4.41. The van der Waals surface area contributed by atoms with Crippen LogP contribution in [0.15, 0.2) is 22.7 Å². The molecule has 0 aliphatic rings. The first-order valence-electron chi connectivity index (χ1n) is 5.21. The van der Waals surface area contributed by atoms with E-state index in [4.69, 9.17) is 17.3 Å². The predicted molar refractivity (Wildman–Crippen MR) is 70.2 cm³/mol. The lowest BCUT2D eigenvalue weighted by atomic mass is 9.98. The molecule has 0 amide bonds. The molecule has 84 valence electrons. The van der Waals surface area contributed by atoms with Gasteiger partial charge in [0.1, 0.15) is 0 Å². The van der Waals surface area contributed by atoms with Crippen LogP contribution in [0.2, 0.25) is 5.02 Å². The standard InChI is InChI=1S/C12H17BrClN/c1-8(2)3-6-12(15)10-7-9(13)4-5-11(10)14/h4-5,7-8,12H,3,6,15H2,1-2H3/t12-/m0/s1. The second-order valence-corrected chi connectivity index (χ2v) is 5.57. The van der Waals surface area contributed by atoms with Gasteiger partial charge in [0.05, 0.1) is 0 Å². The van der Waals surface area contributed by atoms with Crippen LogP contribution < -0.4 is 5.73 Å². The molecular formula is C12H17BrClN. The summed E-state index contributed by atoms with van der Waals surface area (Å²) in [7, 11) is 0. The topological polar surface area (TPSA) is 26.0 Å². The maximum absolute atomic E-state index is 6.11. The smallest absolute Gasteiger partial charge is 0.0454 e. The molecule has 1 aromatic carbocycles. The fourth-order valence-electron chi connectivity index (χ4n) is 1.47. The second-order valence-electron chi connectivity index (χ2n) is 4.24. The summed E-state index contributed by atoms with van der Waals surface area (Å²) in [5.41, 5.74) is 7.14. The number of benzene rings is 1. The number of hydrogen-bond donors (Lipinski definition) is 1. The minimum atomic E-state index is 0.0393. The van der Waals surface area contributed by atoms with Gasteiger partial charge in [0.25, 0.3) is 0 Å². The lowest BCUT2D eigenvalue weighted by molar-refractivity contribution is 0.507. The zero-order chi connectivity index (χ0) is 11.4. The van der Waals surface area contributed by atoms with E-state index >= 15 is 0 Å². The normalized spacial score (nSPS) is 13.2. The minimum Gasteiger partial charge on any atom is -0.324 e. The maximum atomic E-state index is 6.11. The average Bonchev–Trinajstić information content (AvgIpc) is 2.18. The summed E-state index contributed by atoms with van der Waals surface area (Å²) >= 11 is 9.54. The number of nitrogens with two attached hydrogens (primary N) is 1. The summed E-state index contributed by atoms with van der Waals surface area (Å²) in [6, 6.07) is 5.86. The number of halogens is 2. The van der Waals surface area contributed by atoms with Crippen molar-refractivity contribution in [2.75, 3.05) is 0 Å². The van der Waals surface area contributed by atoms with Crippen molar-refractivity contribution in [2.45, 2.75) is 32.7 Å². The van der Waals surface area contributed by atoms with E-state index < -0.39 is 0 Å². The van der Waals surface area contributed by atoms with Gasteiger partial charge in [0, 0.05) is 15.5 Å². The molecule has 0 heterocycles. The Hall–Kier alpha value is -0.0500. The van der Waals surface area contributed by atoms with E-state index in [0.717, 1.165) is 27.9 Å². The van der Waals surface area contributed by atoms with Gasteiger partial charge in [-0.25, -0.2) is 0 Å². The van der Waals surface area contributed by atoms with Crippen LogP contribution >= 0.6 is 27.5 Å². The van der Waals surface area contributed by atoms with Crippen LogP contribution in [-0.4, -0.2) is 0 Å². The van der Waals surface area contributed by atoms with Gasteiger partial charge in [0.2, 0.25) is 0 Å². The van der Waals surface area contributed by atoms with Crippen LogP contribution in [0.4, 0.5) is 0 Å². The van der Waals surface area contributed by atoms with Crippen LogP contribution in [0.5, 0.6) is 0 Å². The molecule has 0 saturated heterocycles. The van der Waals surface area contributed by atoms with Gasteiger partial charge in [-0.3, -0.25) is 0 Å². The predicted octanol–water partition coefficient (Wildman–Crippen LogP) is 4.54. The highest BCUT2D eigenvalue weighted by molar-refractivity contribution is 9.10. The summed E-state index contributed by atoms with van der Waals surface area (Å²) in [5, 5.41) is 0.759. The Morgan fingerprint density at radius 3 is 2.60 bits per heavy atom. The van der Waals surface area contributed by atoms with Crippen molar-refractivity contribution in [1.29, 1.82) is 0 Å². The van der Waals surface area contributed by atoms with Crippen molar-refractivity contribution in [3.63, 3.8) is 0 Å². The van der Waals surface area contributed by atoms with Gasteiger partial charge < -0.3 is 5.73 Å². The molecule has 1 aromatic rings. The Morgan fingerprint density at radius 1 is 1.33 bits per heavy atom. The lowest BCUT2D eigenvalue weighted by Crippen LogP contribution is -2.11. The van der Waals surface area contributed by atoms with Crippen LogP contribution in [0, 0.1) is 5.92 Å². The van der Waals surface area contributed by atoms with Crippen molar-refractivity contribution in [1.82, 2.24) is 0 Å². The van der Waals surface area contributed by atoms with Crippen LogP contribution in [0.1, 0.15) is 38.3 Å². The molecule has 0 saturated carbocycles. The molecule has 0 unspecified atom stereocenters. The summed E-state index contributed by atoms with van der Waals surface area (Å²) in [5.74, 6) is 0.682.